The van der Waals surface area contributed by atoms with E-state index >= 15 is 0 Å². The summed E-state index contributed by atoms with van der Waals surface area (Å²) < 4.78 is 38.4. The summed E-state index contributed by atoms with van der Waals surface area (Å²) in [5.74, 6) is -2.21. The molecule has 30 heavy (non-hydrogen) atoms. The second kappa shape index (κ2) is 12.7. The fraction of sp³-hybridized carbons (Fsp3) is 0.833. The Labute approximate surface area is 177 Å². The van der Waals surface area contributed by atoms with Crippen molar-refractivity contribution in [3.8, 4) is 0 Å². The first-order valence-corrected chi connectivity index (χ1v) is 11.2. The number of amides is 1. The third-order valence-corrected chi connectivity index (χ3v) is 5.61. The van der Waals surface area contributed by atoms with E-state index in [4.69, 9.17) is 13.7 Å². The summed E-state index contributed by atoms with van der Waals surface area (Å²) in [7, 11) is -3.99. The molecule has 0 aliphatic rings. The molecule has 1 atom stereocenters. The molecule has 0 aliphatic heterocycles. The van der Waals surface area contributed by atoms with Crippen LogP contribution < -0.4 is 5.32 Å². The minimum absolute atomic E-state index is 0.0108. The van der Waals surface area contributed by atoms with Gasteiger partial charge in [-0.3, -0.25) is 8.98 Å². The van der Waals surface area contributed by atoms with E-state index in [0.29, 0.717) is 6.42 Å². The van der Waals surface area contributed by atoms with E-state index in [1.807, 2.05) is 6.92 Å². The van der Waals surface area contributed by atoms with E-state index in [-0.39, 0.29) is 50.7 Å². The molecule has 0 radical (unpaired) electrons. The first kappa shape index (κ1) is 28.1. The summed E-state index contributed by atoms with van der Waals surface area (Å²) >= 11 is 0. The Hall–Kier alpha value is -1.92. The molecular formula is C18H33NO10S. The molecule has 3 N–H and O–H groups in total. The smallest absolute Gasteiger partial charge is 0.479 e. The number of aliphatic hydroxyl groups is 1. The molecule has 0 saturated carbocycles. The number of hydrogen-bond acceptors (Lipinski definition) is 9. The minimum atomic E-state index is -3.99. The number of nitrogens with one attached hydrogen (secondary N) is 1. The highest BCUT2D eigenvalue weighted by atomic mass is 32.2. The lowest BCUT2D eigenvalue weighted by atomic mass is 9.73. The fourth-order valence-electron chi connectivity index (χ4n) is 2.37. The van der Waals surface area contributed by atoms with Crippen molar-refractivity contribution in [2.24, 2.45) is 5.41 Å². The second-order valence-electron chi connectivity index (χ2n) is 7.46. The van der Waals surface area contributed by atoms with Crippen molar-refractivity contribution in [2.75, 3.05) is 32.1 Å². The molecule has 0 saturated heterocycles. The van der Waals surface area contributed by atoms with Gasteiger partial charge in [-0.2, -0.15) is 8.42 Å². The van der Waals surface area contributed by atoms with Crippen molar-refractivity contribution >= 4 is 28.1 Å². The van der Waals surface area contributed by atoms with E-state index in [1.54, 1.807) is 0 Å². The zero-order valence-corrected chi connectivity index (χ0v) is 18.7. The van der Waals surface area contributed by atoms with Crippen molar-refractivity contribution in [3.63, 3.8) is 0 Å². The zero-order valence-electron chi connectivity index (χ0n) is 17.9. The maximum absolute atomic E-state index is 12.0. The van der Waals surface area contributed by atoms with Gasteiger partial charge in [-0.1, -0.05) is 20.8 Å². The van der Waals surface area contributed by atoms with Gasteiger partial charge in [-0.25, -0.2) is 9.59 Å². The van der Waals surface area contributed by atoms with Crippen molar-refractivity contribution < 1.29 is 46.7 Å². The van der Waals surface area contributed by atoms with E-state index < -0.39 is 39.9 Å². The van der Waals surface area contributed by atoms with Crippen LogP contribution in [0, 0.1) is 5.41 Å². The number of ether oxygens (including phenoxy) is 2. The Morgan fingerprint density at radius 1 is 1.07 bits per heavy atom. The fourth-order valence-corrected chi connectivity index (χ4v) is 3.46. The van der Waals surface area contributed by atoms with Crippen molar-refractivity contribution in [3.05, 3.63) is 0 Å². The highest BCUT2D eigenvalue weighted by Crippen LogP contribution is 2.36. The number of rotatable bonds is 15. The van der Waals surface area contributed by atoms with Crippen molar-refractivity contribution in [1.82, 2.24) is 5.32 Å². The molecule has 12 heteroatoms. The van der Waals surface area contributed by atoms with E-state index in [2.05, 4.69) is 5.32 Å². The van der Waals surface area contributed by atoms with Crippen LogP contribution in [-0.2, 0) is 33.4 Å². The molecule has 0 aromatic carbocycles. The number of aliphatic carboxylic acids is 1. The normalized spacial score (nSPS) is 13.9. The molecule has 0 aliphatic carbocycles. The summed E-state index contributed by atoms with van der Waals surface area (Å²) in [4.78, 5) is 33.8. The van der Waals surface area contributed by atoms with Crippen LogP contribution in [0.2, 0.25) is 0 Å². The van der Waals surface area contributed by atoms with Crippen LogP contribution >= 0.6 is 0 Å². The topological polar surface area (TPSA) is 166 Å². The van der Waals surface area contributed by atoms with Crippen molar-refractivity contribution in [2.45, 2.75) is 59.0 Å². The number of carboxylic acid groups (broad SMARTS) is 1. The number of carbonyl (C=O) groups is 3. The quantitative estimate of drug-likeness (QED) is 0.184. The molecule has 176 valence electrons. The van der Waals surface area contributed by atoms with E-state index in [1.165, 1.54) is 20.8 Å². The monoisotopic (exact) mass is 455 g/mol. The van der Waals surface area contributed by atoms with Gasteiger partial charge in [0.1, 0.15) is 0 Å². The first-order chi connectivity index (χ1) is 13.8. The zero-order chi connectivity index (χ0) is 23.4. The maximum Gasteiger partial charge on any atom is 0.508 e. The Balaban J connectivity index is 4.76. The van der Waals surface area contributed by atoms with Gasteiger partial charge in [-0.15, -0.1) is 0 Å². The molecule has 11 nitrogen and oxygen atoms in total. The molecule has 0 rings (SSSR count). The summed E-state index contributed by atoms with van der Waals surface area (Å²) in [6.07, 6.45) is -0.433. The molecule has 0 heterocycles. The number of hydrogen-bond donors (Lipinski definition) is 3. The van der Waals surface area contributed by atoms with Crippen molar-refractivity contribution in [1.29, 1.82) is 0 Å². The maximum atomic E-state index is 12.0. The molecule has 0 fully saturated rings. The third kappa shape index (κ3) is 10.2. The van der Waals surface area contributed by atoms with Crippen LogP contribution in [0.15, 0.2) is 0 Å². The van der Waals surface area contributed by atoms with E-state index in [0.717, 1.165) is 0 Å². The van der Waals surface area contributed by atoms with Crippen LogP contribution in [0.1, 0.15) is 53.4 Å². The lowest BCUT2D eigenvalue weighted by Crippen LogP contribution is -2.54. The first-order valence-electron chi connectivity index (χ1n) is 9.64. The summed E-state index contributed by atoms with van der Waals surface area (Å²) in [6, 6.07) is 0. The van der Waals surface area contributed by atoms with Gasteiger partial charge in [0.05, 0.1) is 25.6 Å². The molecule has 0 aromatic rings. The van der Waals surface area contributed by atoms with E-state index in [9.17, 15) is 33.0 Å². The van der Waals surface area contributed by atoms with Gasteiger partial charge in [-0.05, 0) is 25.7 Å². The Morgan fingerprint density at radius 2 is 1.67 bits per heavy atom. The second-order valence-corrected chi connectivity index (χ2v) is 9.22. The highest BCUT2D eigenvalue weighted by molar-refractivity contribution is 7.86. The molecule has 0 bridgehead atoms. The Bertz CT molecular complexity index is 676. The minimum Gasteiger partial charge on any atom is -0.479 e. The lowest BCUT2D eigenvalue weighted by Gasteiger charge is -2.38. The third-order valence-electron chi connectivity index (χ3n) is 4.34. The van der Waals surface area contributed by atoms with Crippen LogP contribution in [0.3, 0.4) is 0 Å². The predicted octanol–water partition coefficient (Wildman–Crippen LogP) is 1.04. The van der Waals surface area contributed by atoms with Crippen LogP contribution in [0.5, 0.6) is 0 Å². The highest BCUT2D eigenvalue weighted by Gasteiger charge is 2.50. The number of carbonyl (C=O) groups excluding carboxylic acids is 2. The van der Waals surface area contributed by atoms with Crippen LogP contribution in [-0.4, -0.2) is 74.4 Å². The van der Waals surface area contributed by atoms with Gasteiger partial charge in [0, 0.05) is 18.9 Å². The summed E-state index contributed by atoms with van der Waals surface area (Å²) in [5.41, 5.74) is -3.80. The predicted molar refractivity (Wildman–Crippen MR) is 106 cm³/mol. The molecule has 0 spiro atoms. The molecular weight excluding hydrogens is 422 g/mol. The Kier molecular flexibility index (Phi) is 11.9. The van der Waals surface area contributed by atoms with Crippen LogP contribution in [0.25, 0.3) is 0 Å². The van der Waals surface area contributed by atoms with Gasteiger partial charge < -0.3 is 25.0 Å². The van der Waals surface area contributed by atoms with Gasteiger partial charge in [0.25, 0.3) is 10.1 Å². The summed E-state index contributed by atoms with van der Waals surface area (Å²) in [6.45, 7) is 5.46. The lowest BCUT2D eigenvalue weighted by molar-refractivity contribution is -0.177. The average molecular weight is 456 g/mol. The number of carboxylic acids is 1. The molecule has 0 aromatic heterocycles. The summed E-state index contributed by atoms with van der Waals surface area (Å²) in [5, 5.41) is 22.7. The van der Waals surface area contributed by atoms with Crippen LogP contribution in [0.4, 0.5) is 4.79 Å². The van der Waals surface area contributed by atoms with Gasteiger partial charge in [0.15, 0.2) is 5.60 Å². The molecule has 0 unspecified atom stereocenters. The average Bonchev–Trinajstić information content (AvgIpc) is 2.65. The SMILES string of the molecule is CCCOC(=O)OCCC[C@](O)(C(=O)O)C(C)(C)COS(=O)(=O)CCCNC(C)=O. The largest absolute Gasteiger partial charge is 0.508 e. The van der Waals surface area contributed by atoms with Gasteiger partial charge in [0.2, 0.25) is 5.91 Å². The standard InChI is InChI=1S/C18H33NO10S/c1-5-10-27-16(23)28-11-6-8-18(24,15(21)22)17(3,4)13-29-30(25,26)12-7-9-19-14(2)20/h24H,5-13H2,1-4H3,(H,19,20)(H,21,22)/t18-/m0/s1. The Morgan fingerprint density at radius 3 is 2.20 bits per heavy atom. The molecule has 1 amide bonds. The van der Waals surface area contributed by atoms with Gasteiger partial charge >= 0.3 is 12.1 Å².